The third-order valence-corrected chi connectivity index (χ3v) is 7.60. The van der Waals surface area contributed by atoms with Crippen LogP contribution in [-0.2, 0) is 16.1 Å². The molecule has 5 nitrogen and oxygen atoms in total. The molecule has 178 valence electrons. The molecule has 1 atom stereocenters. The summed E-state index contributed by atoms with van der Waals surface area (Å²) in [6, 6.07) is 10.1. The Morgan fingerprint density at radius 3 is 2.45 bits per heavy atom. The summed E-state index contributed by atoms with van der Waals surface area (Å²) in [6.45, 7) is 3.58. The Hall–Kier alpha value is -1.76. The minimum Gasteiger partial charge on any atom is -0.484 e. The molecule has 0 radical (unpaired) electrons. The average molecular weight is 556 g/mol. The topological polar surface area (TPSA) is 58.6 Å². The standard InChI is InChI=1S/C25H29BrCl2N2O3/c1-16-13-19(11-12-21(16)26)33-15-24(31)30(14-20-22(27)9-6-10-23(20)28)17(2)25(32)29-18-7-4-3-5-8-18/h6,9-13,17-18H,3-5,7-8,14-15H2,1-2H3,(H,29,32). The second-order valence-electron chi connectivity index (χ2n) is 8.44. The van der Waals surface area contributed by atoms with Crippen molar-refractivity contribution < 1.29 is 14.3 Å². The molecule has 0 aliphatic heterocycles. The zero-order valence-corrected chi connectivity index (χ0v) is 22.0. The summed E-state index contributed by atoms with van der Waals surface area (Å²) in [5.74, 6) is 0.0786. The molecule has 2 amide bonds. The lowest BCUT2D eigenvalue weighted by molar-refractivity contribution is -0.142. The van der Waals surface area contributed by atoms with Crippen molar-refractivity contribution in [1.82, 2.24) is 10.2 Å². The Morgan fingerprint density at radius 2 is 1.82 bits per heavy atom. The Bertz CT molecular complexity index is 975. The second-order valence-corrected chi connectivity index (χ2v) is 10.1. The predicted molar refractivity (Wildman–Crippen MR) is 136 cm³/mol. The molecule has 0 bridgehead atoms. The third-order valence-electron chi connectivity index (χ3n) is 6.00. The number of halogens is 3. The van der Waals surface area contributed by atoms with Gasteiger partial charge in [-0.3, -0.25) is 9.59 Å². The van der Waals surface area contributed by atoms with Gasteiger partial charge in [0.05, 0.1) is 0 Å². The number of nitrogens with one attached hydrogen (secondary N) is 1. The number of nitrogens with zero attached hydrogens (tertiary/aromatic N) is 1. The number of carbonyl (C=O) groups is 2. The number of rotatable bonds is 8. The quantitative estimate of drug-likeness (QED) is 0.415. The molecule has 3 rings (SSSR count). The first-order chi connectivity index (χ1) is 15.8. The maximum atomic E-state index is 13.3. The molecule has 1 N–H and O–H groups in total. The summed E-state index contributed by atoms with van der Waals surface area (Å²) in [4.78, 5) is 27.8. The monoisotopic (exact) mass is 554 g/mol. The molecule has 1 unspecified atom stereocenters. The zero-order chi connectivity index (χ0) is 24.0. The molecule has 2 aromatic rings. The number of benzene rings is 2. The first kappa shape index (κ1) is 25.9. The average Bonchev–Trinajstić information content (AvgIpc) is 2.79. The van der Waals surface area contributed by atoms with Crippen LogP contribution in [0.4, 0.5) is 0 Å². The summed E-state index contributed by atoms with van der Waals surface area (Å²) in [6.07, 6.45) is 5.35. The zero-order valence-electron chi connectivity index (χ0n) is 18.9. The second kappa shape index (κ2) is 12.1. The van der Waals surface area contributed by atoms with Gasteiger partial charge in [0.25, 0.3) is 5.91 Å². The van der Waals surface area contributed by atoms with E-state index in [0.29, 0.717) is 21.4 Å². The van der Waals surface area contributed by atoms with Gasteiger partial charge < -0.3 is 15.0 Å². The van der Waals surface area contributed by atoms with Crippen LogP contribution in [-0.4, -0.2) is 35.4 Å². The Balaban J connectivity index is 1.76. The largest absolute Gasteiger partial charge is 0.484 e. The van der Waals surface area contributed by atoms with Crippen LogP contribution in [0, 0.1) is 6.92 Å². The van der Waals surface area contributed by atoms with Crippen LogP contribution in [0.25, 0.3) is 0 Å². The summed E-state index contributed by atoms with van der Waals surface area (Å²) in [7, 11) is 0. The molecule has 0 saturated heterocycles. The Labute approximate surface area is 213 Å². The minimum atomic E-state index is -0.706. The molecule has 0 spiro atoms. The fourth-order valence-corrected chi connectivity index (χ4v) is 4.70. The van der Waals surface area contributed by atoms with Crippen LogP contribution < -0.4 is 10.1 Å². The van der Waals surface area contributed by atoms with Crippen LogP contribution in [0.2, 0.25) is 10.0 Å². The van der Waals surface area contributed by atoms with Gasteiger partial charge in [0, 0.05) is 32.7 Å². The van der Waals surface area contributed by atoms with Crippen molar-refractivity contribution in [3.8, 4) is 5.75 Å². The van der Waals surface area contributed by atoms with E-state index in [4.69, 9.17) is 27.9 Å². The van der Waals surface area contributed by atoms with Gasteiger partial charge in [-0.2, -0.15) is 0 Å². The highest BCUT2D eigenvalue weighted by Crippen LogP contribution is 2.27. The molecule has 1 fully saturated rings. The van der Waals surface area contributed by atoms with Crippen LogP contribution in [0.1, 0.15) is 50.2 Å². The molecule has 1 aliphatic rings. The highest BCUT2D eigenvalue weighted by atomic mass is 79.9. The fraction of sp³-hybridized carbons (Fsp3) is 0.440. The van der Waals surface area contributed by atoms with Crippen molar-refractivity contribution in [2.24, 2.45) is 0 Å². The van der Waals surface area contributed by atoms with E-state index < -0.39 is 6.04 Å². The third kappa shape index (κ3) is 7.11. The Kier molecular flexibility index (Phi) is 9.47. The molecular weight excluding hydrogens is 527 g/mol. The molecule has 0 aromatic heterocycles. The van der Waals surface area contributed by atoms with E-state index in [9.17, 15) is 9.59 Å². The molecule has 2 aromatic carbocycles. The number of hydrogen-bond acceptors (Lipinski definition) is 3. The Morgan fingerprint density at radius 1 is 1.15 bits per heavy atom. The lowest BCUT2D eigenvalue weighted by Gasteiger charge is -2.31. The van der Waals surface area contributed by atoms with Gasteiger partial charge in [0.1, 0.15) is 11.8 Å². The summed E-state index contributed by atoms with van der Waals surface area (Å²) < 4.78 is 6.72. The van der Waals surface area contributed by atoms with Gasteiger partial charge >= 0.3 is 0 Å². The molecule has 1 saturated carbocycles. The van der Waals surface area contributed by atoms with Crippen LogP contribution in [0.15, 0.2) is 40.9 Å². The summed E-state index contributed by atoms with van der Waals surface area (Å²) >= 11 is 16.2. The predicted octanol–water partition coefficient (Wildman–Crippen LogP) is 6.31. The van der Waals surface area contributed by atoms with Crippen LogP contribution in [0.5, 0.6) is 5.75 Å². The van der Waals surface area contributed by atoms with E-state index >= 15 is 0 Å². The van der Waals surface area contributed by atoms with Gasteiger partial charge in [-0.1, -0.05) is 64.5 Å². The number of ether oxygens (including phenoxy) is 1. The minimum absolute atomic E-state index is 0.110. The van der Waals surface area contributed by atoms with Gasteiger partial charge in [0.15, 0.2) is 6.61 Å². The molecule has 0 heterocycles. The number of aryl methyl sites for hydroxylation is 1. The van der Waals surface area contributed by atoms with E-state index in [0.717, 1.165) is 35.7 Å². The van der Waals surface area contributed by atoms with E-state index in [1.54, 1.807) is 31.2 Å². The van der Waals surface area contributed by atoms with E-state index in [1.807, 2.05) is 19.1 Å². The lowest BCUT2D eigenvalue weighted by Crippen LogP contribution is -2.51. The number of carbonyl (C=O) groups excluding carboxylic acids is 2. The lowest BCUT2D eigenvalue weighted by atomic mass is 9.95. The van der Waals surface area contributed by atoms with Crippen molar-refractivity contribution in [1.29, 1.82) is 0 Å². The smallest absolute Gasteiger partial charge is 0.261 e. The first-order valence-corrected chi connectivity index (χ1v) is 12.7. The van der Waals surface area contributed by atoms with Crippen molar-refractivity contribution >= 4 is 50.9 Å². The van der Waals surface area contributed by atoms with Gasteiger partial charge in [-0.05, 0) is 62.6 Å². The molecular formula is C25H29BrCl2N2O3. The normalized spacial score (nSPS) is 15.1. The highest BCUT2D eigenvalue weighted by Gasteiger charge is 2.29. The molecule has 8 heteroatoms. The van der Waals surface area contributed by atoms with Gasteiger partial charge in [-0.15, -0.1) is 0 Å². The highest BCUT2D eigenvalue weighted by molar-refractivity contribution is 9.10. The van der Waals surface area contributed by atoms with Crippen molar-refractivity contribution in [2.75, 3.05) is 6.61 Å². The summed E-state index contributed by atoms with van der Waals surface area (Å²) in [5, 5.41) is 4.01. The van der Waals surface area contributed by atoms with Gasteiger partial charge in [0.2, 0.25) is 5.91 Å². The van der Waals surface area contributed by atoms with E-state index in [-0.39, 0.29) is 31.0 Å². The number of hydrogen-bond donors (Lipinski definition) is 1. The maximum absolute atomic E-state index is 13.3. The SMILES string of the molecule is Cc1cc(OCC(=O)N(Cc2c(Cl)cccc2Cl)C(C)C(=O)NC2CCCCC2)ccc1Br. The van der Waals surface area contributed by atoms with Crippen molar-refractivity contribution in [3.63, 3.8) is 0 Å². The molecule has 1 aliphatic carbocycles. The van der Waals surface area contributed by atoms with Crippen LogP contribution >= 0.6 is 39.1 Å². The van der Waals surface area contributed by atoms with E-state index in [1.165, 1.54) is 11.3 Å². The first-order valence-electron chi connectivity index (χ1n) is 11.2. The van der Waals surface area contributed by atoms with Gasteiger partial charge in [-0.25, -0.2) is 0 Å². The maximum Gasteiger partial charge on any atom is 0.261 e. The van der Waals surface area contributed by atoms with Crippen LogP contribution in [0.3, 0.4) is 0 Å². The summed E-state index contributed by atoms with van der Waals surface area (Å²) in [5.41, 5.74) is 1.60. The number of amides is 2. The van der Waals surface area contributed by atoms with E-state index in [2.05, 4.69) is 21.2 Å². The van der Waals surface area contributed by atoms with Crippen molar-refractivity contribution in [3.05, 3.63) is 62.0 Å². The fourth-order valence-electron chi connectivity index (χ4n) is 3.94. The van der Waals surface area contributed by atoms with Crippen molar-refractivity contribution in [2.45, 2.75) is 64.6 Å². The molecule has 33 heavy (non-hydrogen) atoms.